The second-order valence-corrected chi connectivity index (χ2v) is 7.15. The minimum atomic E-state index is 0.00818. The maximum absolute atomic E-state index is 12.3. The molecule has 0 radical (unpaired) electrons. The third-order valence-electron chi connectivity index (χ3n) is 4.41. The van der Waals surface area contributed by atoms with E-state index in [0.29, 0.717) is 6.54 Å². The van der Waals surface area contributed by atoms with Crippen LogP contribution in [0.1, 0.15) is 5.56 Å². The number of aromatic hydroxyl groups is 1. The van der Waals surface area contributed by atoms with Gasteiger partial charge in [-0.1, -0.05) is 22.0 Å². The van der Waals surface area contributed by atoms with Gasteiger partial charge < -0.3 is 15.3 Å². The van der Waals surface area contributed by atoms with E-state index < -0.39 is 0 Å². The summed E-state index contributed by atoms with van der Waals surface area (Å²) >= 11 is 3.48. The summed E-state index contributed by atoms with van der Waals surface area (Å²) in [6, 6.07) is 13.1. The summed E-state index contributed by atoms with van der Waals surface area (Å²) in [6.45, 7) is 5.83. The van der Waals surface area contributed by atoms with Crippen molar-refractivity contribution in [1.82, 2.24) is 4.90 Å². The number of hydrogen-bond donors (Lipinski definition) is 2. The predicted octanol–water partition coefficient (Wildman–Crippen LogP) is 3.22. The molecule has 0 aliphatic carbocycles. The molecule has 3 rings (SSSR count). The number of benzene rings is 2. The number of aryl methyl sites for hydroxylation is 1. The zero-order valence-electron chi connectivity index (χ0n) is 14.2. The van der Waals surface area contributed by atoms with Crippen LogP contribution in [0.5, 0.6) is 5.75 Å². The highest BCUT2D eigenvalue weighted by molar-refractivity contribution is 9.10. The van der Waals surface area contributed by atoms with Crippen molar-refractivity contribution in [2.75, 3.05) is 42.9 Å². The first-order valence-corrected chi connectivity index (χ1v) is 9.13. The summed E-state index contributed by atoms with van der Waals surface area (Å²) in [7, 11) is 0. The zero-order chi connectivity index (χ0) is 17.8. The number of phenols is 1. The molecular formula is C19H22BrN3O2. The van der Waals surface area contributed by atoms with Crippen LogP contribution in [0, 0.1) is 6.92 Å². The van der Waals surface area contributed by atoms with Crippen LogP contribution >= 0.6 is 15.9 Å². The largest absolute Gasteiger partial charge is 0.508 e. The monoisotopic (exact) mass is 403 g/mol. The average molecular weight is 404 g/mol. The third-order valence-corrected chi connectivity index (χ3v) is 5.26. The Morgan fingerprint density at radius 1 is 1.12 bits per heavy atom. The number of piperazine rings is 1. The Hall–Kier alpha value is -2.05. The number of rotatable bonds is 4. The normalized spacial score (nSPS) is 15.2. The lowest BCUT2D eigenvalue weighted by Gasteiger charge is -2.35. The minimum Gasteiger partial charge on any atom is -0.508 e. The van der Waals surface area contributed by atoms with Crippen LogP contribution in [0.3, 0.4) is 0 Å². The highest BCUT2D eigenvalue weighted by Gasteiger charge is 2.19. The summed E-state index contributed by atoms with van der Waals surface area (Å²) in [5, 5.41) is 12.3. The van der Waals surface area contributed by atoms with Crippen LogP contribution in [-0.4, -0.2) is 48.6 Å². The molecule has 1 amide bonds. The van der Waals surface area contributed by atoms with Crippen LogP contribution in [0.4, 0.5) is 11.4 Å². The number of halogens is 1. The Kier molecular flexibility index (Phi) is 5.60. The molecule has 5 nitrogen and oxygen atoms in total. The smallest absolute Gasteiger partial charge is 0.238 e. The van der Waals surface area contributed by atoms with Crippen molar-refractivity contribution in [2.45, 2.75) is 6.92 Å². The van der Waals surface area contributed by atoms with Gasteiger partial charge in [0.25, 0.3) is 0 Å². The van der Waals surface area contributed by atoms with E-state index in [9.17, 15) is 9.90 Å². The van der Waals surface area contributed by atoms with Gasteiger partial charge in [0.05, 0.1) is 6.54 Å². The highest BCUT2D eigenvalue weighted by atomic mass is 79.9. The molecule has 132 valence electrons. The van der Waals surface area contributed by atoms with Gasteiger partial charge in [-0.2, -0.15) is 0 Å². The Bertz CT molecular complexity index is 741. The minimum absolute atomic E-state index is 0.00818. The van der Waals surface area contributed by atoms with Gasteiger partial charge in [0.15, 0.2) is 0 Å². The van der Waals surface area contributed by atoms with Crippen molar-refractivity contribution in [1.29, 1.82) is 0 Å². The van der Waals surface area contributed by atoms with Crippen molar-refractivity contribution < 1.29 is 9.90 Å². The fraction of sp³-hybridized carbons (Fsp3) is 0.316. The number of nitrogens with one attached hydrogen (secondary N) is 1. The first-order valence-electron chi connectivity index (χ1n) is 8.33. The topological polar surface area (TPSA) is 55.8 Å². The van der Waals surface area contributed by atoms with E-state index in [4.69, 9.17) is 0 Å². The van der Waals surface area contributed by atoms with Gasteiger partial charge in [-0.25, -0.2) is 0 Å². The summed E-state index contributed by atoms with van der Waals surface area (Å²) < 4.78 is 0.993. The molecule has 2 N–H and O–H groups in total. The highest BCUT2D eigenvalue weighted by Crippen LogP contribution is 2.21. The Morgan fingerprint density at radius 3 is 2.44 bits per heavy atom. The molecule has 25 heavy (non-hydrogen) atoms. The summed E-state index contributed by atoms with van der Waals surface area (Å²) in [4.78, 5) is 16.7. The fourth-order valence-corrected chi connectivity index (χ4v) is 3.28. The van der Waals surface area contributed by atoms with Gasteiger partial charge in [-0.05, 0) is 48.9 Å². The third kappa shape index (κ3) is 4.74. The lowest BCUT2D eigenvalue weighted by molar-refractivity contribution is -0.117. The Balaban J connectivity index is 1.49. The number of anilines is 2. The van der Waals surface area contributed by atoms with Crippen molar-refractivity contribution in [3.05, 3.63) is 52.5 Å². The molecule has 6 heteroatoms. The summed E-state index contributed by atoms with van der Waals surface area (Å²) in [6.07, 6.45) is 0. The molecule has 0 spiro atoms. The van der Waals surface area contributed by atoms with E-state index in [-0.39, 0.29) is 11.7 Å². The lowest BCUT2D eigenvalue weighted by Crippen LogP contribution is -2.48. The predicted molar refractivity (Wildman–Crippen MR) is 104 cm³/mol. The van der Waals surface area contributed by atoms with Crippen LogP contribution < -0.4 is 10.2 Å². The molecule has 2 aromatic rings. The van der Waals surface area contributed by atoms with Crippen molar-refractivity contribution in [3.8, 4) is 5.75 Å². The first kappa shape index (κ1) is 17.8. The molecule has 1 aliphatic heterocycles. The van der Waals surface area contributed by atoms with Crippen LogP contribution in [0.25, 0.3) is 0 Å². The zero-order valence-corrected chi connectivity index (χ0v) is 15.8. The second-order valence-electron chi connectivity index (χ2n) is 6.29. The first-order chi connectivity index (χ1) is 12.0. The van der Waals surface area contributed by atoms with Crippen molar-refractivity contribution in [3.63, 3.8) is 0 Å². The van der Waals surface area contributed by atoms with Crippen molar-refractivity contribution >= 4 is 33.2 Å². The molecular weight excluding hydrogens is 382 g/mol. The number of carbonyl (C=O) groups is 1. The van der Waals surface area contributed by atoms with E-state index in [1.165, 1.54) is 0 Å². The molecule has 0 saturated carbocycles. The average Bonchev–Trinajstić information content (AvgIpc) is 2.60. The van der Waals surface area contributed by atoms with Gasteiger partial charge >= 0.3 is 0 Å². The number of hydrogen-bond acceptors (Lipinski definition) is 4. The van der Waals surface area contributed by atoms with E-state index >= 15 is 0 Å². The summed E-state index contributed by atoms with van der Waals surface area (Å²) in [5.41, 5.74) is 3.06. The quantitative estimate of drug-likeness (QED) is 0.822. The van der Waals surface area contributed by atoms with Crippen LogP contribution in [0.2, 0.25) is 0 Å². The van der Waals surface area contributed by atoms with Crippen LogP contribution in [0.15, 0.2) is 46.9 Å². The maximum Gasteiger partial charge on any atom is 0.238 e. The maximum atomic E-state index is 12.3. The van der Waals surface area contributed by atoms with E-state index in [2.05, 4.69) is 31.0 Å². The number of amides is 1. The Labute approximate surface area is 156 Å². The number of nitrogens with zero attached hydrogens (tertiary/aromatic N) is 2. The molecule has 0 atom stereocenters. The summed E-state index contributed by atoms with van der Waals surface area (Å²) in [5.74, 6) is 0.288. The Morgan fingerprint density at radius 2 is 1.80 bits per heavy atom. The van der Waals surface area contributed by atoms with Gasteiger partial charge in [0.2, 0.25) is 5.91 Å². The second kappa shape index (κ2) is 7.89. The number of carbonyl (C=O) groups excluding carboxylic acids is 1. The van der Waals surface area contributed by atoms with E-state index in [1.807, 2.05) is 37.3 Å². The van der Waals surface area contributed by atoms with Gasteiger partial charge in [-0.3, -0.25) is 9.69 Å². The van der Waals surface area contributed by atoms with Crippen LogP contribution in [-0.2, 0) is 4.79 Å². The molecule has 0 unspecified atom stereocenters. The van der Waals surface area contributed by atoms with E-state index in [0.717, 1.165) is 47.6 Å². The molecule has 1 aliphatic rings. The van der Waals surface area contributed by atoms with Crippen molar-refractivity contribution in [2.24, 2.45) is 0 Å². The molecule has 1 heterocycles. The SMILES string of the molecule is Cc1ccc(NC(=O)CN2CCN(c3ccc(O)cc3)CC2)cc1Br. The van der Waals surface area contributed by atoms with Gasteiger partial charge in [-0.15, -0.1) is 0 Å². The molecule has 0 bridgehead atoms. The van der Waals surface area contributed by atoms with E-state index in [1.54, 1.807) is 12.1 Å². The number of phenolic OH excluding ortho intramolecular Hbond substituents is 1. The fourth-order valence-electron chi connectivity index (χ4n) is 2.90. The van der Waals surface area contributed by atoms with Gasteiger partial charge in [0.1, 0.15) is 5.75 Å². The molecule has 0 aromatic heterocycles. The molecule has 1 saturated heterocycles. The standard InChI is InChI=1S/C19H22BrN3O2/c1-14-2-3-15(12-18(14)20)21-19(25)13-22-8-10-23(11-9-22)16-4-6-17(24)7-5-16/h2-7,12,24H,8-11,13H2,1H3,(H,21,25). The van der Waals surface area contributed by atoms with Gasteiger partial charge in [0, 0.05) is 42.0 Å². The molecule has 1 fully saturated rings. The lowest BCUT2D eigenvalue weighted by atomic mass is 10.2. The molecule has 2 aromatic carbocycles.